The van der Waals surface area contributed by atoms with Crippen molar-refractivity contribution in [3.63, 3.8) is 0 Å². The quantitative estimate of drug-likeness (QED) is 0.500. The van der Waals surface area contributed by atoms with Crippen molar-refractivity contribution in [1.29, 1.82) is 0 Å². The standard InChI is InChI=1S/C11H11IN4O2/c1-7(8-5-13-14-6-8)15-10-3-2-9(12)4-11(10)16(17)18/h2-7,15H,1H3,(H,13,14). The monoisotopic (exact) mass is 358 g/mol. The van der Waals surface area contributed by atoms with E-state index in [0.29, 0.717) is 5.69 Å². The van der Waals surface area contributed by atoms with Gasteiger partial charge in [0.05, 0.1) is 17.2 Å². The van der Waals surface area contributed by atoms with Crippen LogP contribution < -0.4 is 5.32 Å². The van der Waals surface area contributed by atoms with Crippen molar-refractivity contribution in [3.05, 3.63) is 49.8 Å². The van der Waals surface area contributed by atoms with Crippen LogP contribution in [0.4, 0.5) is 11.4 Å². The van der Waals surface area contributed by atoms with Crippen LogP contribution in [0.1, 0.15) is 18.5 Å². The summed E-state index contributed by atoms with van der Waals surface area (Å²) in [7, 11) is 0. The topological polar surface area (TPSA) is 83.8 Å². The fourth-order valence-electron chi connectivity index (χ4n) is 1.59. The number of rotatable bonds is 4. The molecule has 0 aliphatic carbocycles. The Morgan fingerprint density at radius 2 is 2.33 bits per heavy atom. The van der Waals surface area contributed by atoms with Gasteiger partial charge in [0.25, 0.3) is 5.69 Å². The van der Waals surface area contributed by atoms with Gasteiger partial charge in [0, 0.05) is 21.4 Å². The molecule has 2 rings (SSSR count). The van der Waals surface area contributed by atoms with Gasteiger partial charge in [-0.25, -0.2) is 0 Å². The zero-order valence-electron chi connectivity index (χ0n) is 9.55. The van der Waals surface area contributed by atoms with E-state index in [1.54, 1.807) is 24.5 Å². The molecule has 0 bridgehead atoms. The third kappa shape index (κ3) is 2.78. The van der Waals surface area contributed by atoms with E-state index in [4.69, 9.17) is 0 Å². The first kappa shape index (κ1) is 12.8. The number of aromatic amines is 1. The molecule has 0 spiro atoms. The molecule has 1 heterocycles. The highest BCUT2D eigenvalue weighted by atomic mass is 127. The summed E-state index contributed by atoms with van der Waals surface area (Å²) in [5.74, 6) is 0. The summed E-state index contributed by atoms with van der Waals surface area (Å²) in [6.07, 6.45) is 3.45. The number of H-pyrrole nitrogens is 1. The molecule has 2 aromatic rings. The van der Waals surface area contributed by atoms with Gasteiger partial charge in [0.1, 0.15) is 5.69 Å². The van der Waals surface area contributed by atoms with Crippen LogP contribution in [-0.4, -0.2) is 15.1 Å². The van der Waals surface area contributed by atoms with Gasteiger partial charge in [0.2, 0.25) is 0 Å². The molecule has 0 saturated heterocycles. The van der Waals surface area contributed by atoms with E-state index in [-0.39, 0.29) is 16.7 Å². The summed E-state index contributed by atoms with van der Waals surface area (Å²) >= 11 is 2.05. The smallest absolute Gasteiger partial charge is 0.293 e. The molecule has 1 unspecified atom stereocenters. The number of nitrogens with one attached hydrogen (secondary N) is 2. The Labute approximate surface area is 117 Å². The number of anilines is 1. The summed E-state index contributed by atoms with van der Waals surface area (Å²) < 4.78 is 0.834. The minimum Gasteiger partial charge on any atom is -0.373 e. The van der Waals surface area contributed by atoms with Crippen LogP contribution in [0.25, 0.3) is 0 Å². The third-order valence-corrected chi connectivity index (χ3v) is 3.22. The highest BCUT2D eigenvalue weighted by Gasteiger charge is 2.16. The first-order valence-electron chi connectivity index (χ1n) is 5.27. The van der Waals surface area contributed by atoms with E-state index in [9.17, 15) is 10.1 Å². The molecule has 1 aromatic heterocycles. The largest absolute Gasteiger partial charge is 0.373 e. The number of nitrogens with zero attached hydrogens (tertiary/aromatic N) is 2. The second-order valence-corrected chi connectivity index (χ2v) is 5.06. The molecule has 0 aliphatic rings. The zero-order chi connectivity index (χ0) is 13.1. The average molecular weight is 358 g/mol. The van der Waals surface area contributed by atoms with Crippen LogP contribution in [0.15, 0.2) is 30.6 Å². The maximum absolute atomic E-state index is 11.0. The van der Waals surface area contributed by atoms with Gasteiger partial charge in [0.15, 0.2) is 0 Å². The predicted octanol–water partition coefficient (Wildman–Crippen LogP) is 3.10. The molecule has 0 fully saturated rings. The number of halogens is 1. The second-order valence-electron chi connectivity index (χ2n) is 3.82. The summed E-state index contributed by atoms with van der Waals surface area (Å²) in [5.41, 5.74) is 1.54. The first-order valence-corrected chi connectivity index (χ1v) is 6.35. The van der Waals surface area contributed by atoms with E-state index < -0.39 is 0 Å². The maximum atomic E-state index is 11.0. The summed E-state index contributed by atoms with van der Waals surface area (Å²) in [6.45, 7) is 1.92. The van der Waals surface area contributed by atoms with Crippen molar-refractivity contribution in [2.45, 2.75) is 13.0 Å². The number of nitro groups is 1. The lowest BCUT2D eigenvalue weighted by molar-refractivity contribution is -0.384. The van der Waals surface area contributed by atoms with Crippen LogP contribution in [0, 0.1) is 13.7 Å². The minimum atomic E-state index is -0.382. The molecule has 18 heavy (non-hydrogen) atoms. The van der Waals surface area contributed by atoms with E-state index >= 15 is 0 Å². The van der Waals surface area contributed by atoms with Gasteiger partial charge in [-0.15, -0.1) is 0 Å². The average Bonchev–Trinajstić information content (AvgIpc) is 2.84. The van der Waals surface area contributed by atoms with Crippen molar-refractivity contribution < 1.29 is 4.92 Å². The summed E-state index contributed by atoms with van der Waals surface area (Å²) in [5, 5.41) is 20.7. The van der Waals surface area contributed by atoms with Crippen LogP contribution in [0.5, 0.6) is 0 Å². The molecule has 0 saturated carbocycles. The Hall–Kier alpha value is -1.64. The summed E-state index contributed by atoms with van der Waals surface area (Å²) in [6, 6.07) is 5.04. The molecular formula is C11H11IN4O2. The minimum absolute atomic E-state index is 0.0532. The van der Waals surface area contributed by atoms with Gasteiger partial charge >= 0.3 is 0 Å². The number of aromatic nitrogens is 2. The molecule has 2 N–H and O–H groups in total. The molecule has 94 valence electrons. The van der Waals surface area contributed by atoms with Crippen molar-refractivity contribution in [2.24, 2.45) is 0 Å². The fraction of sp³-hybridized carbons (Fsp3) is 0.182. The number of nitro benzene ring substituents is 1. The lowest BCUT2D eigenvalue weighted by Gasteiger charge is -2.13. The Bertz CT molecular complexity index is 556. The molecule has 1 atom stereocenters. The van der Waals surface area contributed by atoms with E-state index in [0.717, 1.165) is 9.13 Å². The van der Waals surface area contributed by atoms with Crippen molar-refractivity contribution in [2.75, 3.05) is 5.32 Å². The Morgan fingerprint density at radius 3 is 2.94 bits per heavy atom. The predicted molar refractivity (Wildman–Crippen MR) is 76.4 cm³/mol. The van der Waals surface area contributed by atoms with Crippen molar-refractivity contribution in [3.8, 4) is 0 Å². The molecule has 0 radical (unpaired) electrons. The first-order chi connectivity index (χ1) is 8.58. The van der Waals surface area contributed by atoms with E-state index in [2.05, 4.69) is 38.1 Å². The maximum Gasteiger partial charge on any atom is 0.293 e. The van der Waals surface area contributed by atoms with Gasteiger partial charge in [-0.2, -0.15) is 5.10 Å². The zero-order valence-corrected chi connectivity index (χ0v) is 11.7. The molecule has 0 amide bonds. The normalized spacial score (nSPS) is 12.1. The highest BCUT2D eigenvalue weighted by molar-refractivity contribution is 14.1. The van der Waals surface area contributed by atoms with Crippen molar-refractivity contribution in [1.82, 2.24) is 10.2 Å². The number of hydrogen-bond donors (Lipinski definition) is 2. The summed E-state index contributed by atoms with van der Waals surface area (Å²) in [4.78, 5) is 10.6. The van der Waals surface area contributed by atoms with Crippen LogP contribution in [0.2, 0.25) is 0 Å². The molecule has 7 heteroatoms. The lowest BCUT2D eigenvalue weighted by Crippen LogP contribution is -2.07. The Balaban J connectivity index is 2.26. The van der Waals surface area contributed by atoms with Gasteiger partial charge in [-0.3, -0.25) is 15.2 Å². The fourth-order valence-corrected chi connectivity index (χ4v) is 2.07. The Morgan fingerprint density at radius 1 is 1.56 bits per heavy atom. The van der Waals surface area contributed by atoms with Gasteiger partial charge in [-0.1, -0.05) is 0 Å². The second kappa shape index (κ2) is 5.34. The lowest BCUT2D eigenvalue weighted by atomic mass is 10.1. The molecule has 1 aromatic carbocycles. The molecular weight excluding hydrogens is 347 g/mol. The highest BCUT2D eigenvalue weighted by Crippen LogP contribution is 2.29. The SMILES string of the molecule is CC(Nc1ccc(I)cc1[N+](=O)[O-])c1cn[nH]c1. The van der Waals surface area contributed by atoms with E-state index in [1.165, 1.54) is 0 Å². The Kier molecular flexibility index (Phi) is 3.80. The van der Waals surface area contributed by atoms with Crippen LogP contribution in [0.3, 0.4) is 0 Å². The van der Waals surface area contributed by atoms with E-state index in [1.807, 2.05) is 13.0 Å². The van der Waals surface area contributed by atoms with Gasteiger partial charge < -0.3 is 5.32 Å². The molecule has 0 aliphatic heterocycles. The van der Waals surface area contributed by atoms with Crippen molar-refractivity contribution >= 4 is 34.0 Å². The molecule has 6 nitrogen and oxygen atoms in total. The number of hydrogen-bond acceptors (Lipinski definition) is 4. The van der Waals surface area contributed by atoms with Crippen LogP contribution in [-0.2, 0) is 0 Å². The third-order valence-electron chi connectivity index (χ3n) is 2.55. The number of benzene rings is 1. The van der Waals surface area contributed by atoms with Crippen LogP contribution >= 0.6 is 22.6 Å². The van der Waals surface area contributed by atoms with Gasteiger partial charge in [-0.05, 0) is 41.6 Å².